The number of likely N-dealkylation sites (tertiary alicyclic amines) is 1. The second-order valence-corrected chi connectivity index (χ2v) is 4.00. The number of allylic oxidation sites excluding steroid dienone is 1. The topological polar surface area (TPSA) is 3.24 Å². The van der Waals surface area contributed by atoms with Crippen LogP contribution in [-0.2, 0) is 0 Å². The molecular weight excluding hydrogens is 146 g/mol. The molecule has 68 valence electrons. The largest absolute Gasteiger partial charge is 0.369 e. The van der Waals surface area contributed by atoms with Crippen LogP contribution in [0.3, 0.4) is 0 Å². The molecule has 0 aliphatic carbocycles. The van der Waals surface area contributed by atoms with E-state index in [9.17, 15) is 0 Å². The van der Waals surface area contributed by atoms with Crippen LogP contribution in [0.25, 0.3) is 0 Å². The third-order valence-corrected chi connectivity index (χ3v) is 2.90. The van der Waals surface area contributed by atoms with Crippen LogP contribution in [0.15, 0.2) is 18.0 Å². The summed E-state index contributed by atoms with van der Waals surface area (Å²) in [6, 6.07) is 0. The zero-order valence-corrected chi connectivity index (χ0v) is 8.43. The summed E-state index contributed by atoms with van der Waals surface area (Å²) in [6.45, 7) is 12.8. The van der Waals surface area contributed by atoms with Crippen LogP contribution in [0.1, 0.15) is 27.2 Å². The number of rotatable bonds is 2. The third-order valence-electron chi connectivity index (χ3n) is 2.90. The molecular formula is C11H19N. The summed E-state index contributed by atoms with van der Waals surface area (Å²) in [7, 11) is 0. The van der Waals surface area contributed by atoms with E-state index in [1.807, 2.05) is 0 Å². The van der Waals surface area contributed by atoms with Crippen molar-refractivity contribution in [3.8, 4) is 0 Å². The molecule has 0 bridgehead atoms. The Bertz CT molecular complexity index is 199. The van der Waals surface area contributed by atoms with Gasteiger partial charge >= 0.3 is 0 Å². The van der Waals surface area contributed by atoms with E-state index in [1.165, 1.54) is 25.2 Å². The van der Waals surface area contributed by atoms with E-state index < -0.39 is 0 Å². The summed E-state index contributed by atoms with van der Waals surface area (Å²) >= 11 is 0. The van der Waals surface area contributed by atoms with Crippen molar-refractivity contribution >= 4 is 0 Å². The first-order valence-electron chi connectivity index (χ1n) is 4.76. The molecule has 1 aliphatic heterocycles. The van der Waals surface area contributed by atoms with Crippen LogP contribution >= 0.6 is 0 Å². The Balaban J connectivity index is 2.51. The average molecular weight is 165 g/mol. The monoisotopic (exact) mass is 165 g/mol. The van der Waals surface area contributed by atoms with Gasteiger partial charge in [0.25, 0.3) is 0 Å². The van der Waals surface area contributed by atoms with Gasteiger partial charge in [-0.3, -0.25) is 0 Å². The molecule has 1 unspecified atom stereocenters. The fourth-order valence-corrected chi connectivity index (χ4v) is 1.75. The summed E-state index contributed by atoms with van der Waals surface area (Å²) in [4.78, 5) is 2.39. The summed E-state index contributed by atoms with van der Waals surface area (Å²) in [5, 5.41) is 0. The number of hydrogen-bond donors (Lipinski definition) is 0. The van der Waals surface area contributed by atoms with Crippen LogP contribution in [0.5, 0.6) is 0 Å². The maximum atomic E-state index is 3.67. The molecule has 1 heteroatoms. The molecule has 1 saturated heterocycles. The predicted molar refractivity (Wildman–Crippen MR) is 52.8 cm³/mol. The number of nitrogens with zero attached hydrogens (tertiary/aromatic N) is 1. The van der Waals surface area contributed by atoms with Crippen molar-refractivity contribution < 1.29 is 0 Å². The predicted octanol–water partition coefficient (Wildman–Crippen LogP) is 2.65. The lowest BCUT2D eigenvalue weighted by atomic mass is 9.95. The van der Waals surface area contributed by atoms with Gasteiger partial charge in [0, 0.05) is 13.1 Å². The standard InChI is InChI=1S/C11H19N/c1-5-10(4)12-7-6-11(8-12)9(2)3/h9,11H,1,6-8H2,2-4H3. The van der Waals surface area contributed by atoms with Crippen LogP contribution in [0, 0.1) is 11.8 Å². The second kappa shape index (κ2) is 3.82. The van der Waals surface area contributed by atoms with Gasteiger partial charge in [0.15, 0.2) is 0 Å². The summed E-state index contributed by atoms with van der Waals surface area (Å²) in [5.41, 5.74) is 4.17. The Hall–Kier alpha value is -0.680. The smallest absolute Gasteiger partial charge is 0.0526 e. The normalized spacial score (nSPS) is 23.0. The molecule has 0 aromatic rings. The van der Waals surface area contributed by atoms with E-state index in [1.54, 1.807) is 0 Å². The Kier molecular flexibility index (Phi) is 2.99. The Morgan fingerprint density at radius 3 is 2.67 bits per heavy atom. The van der Waals surface area contributed by atoms with E-state index in [4.69, 9.17) is 0 Å². The molecule has 0 saturated carbocycles. The highest BCUT2D eigenvalue weighted by atomic mass is 15.2. The fourth-order valence-electron chi connectivity index (χ4n) is 1.75. The molecule has 0 N–H and O–H groups in total. The van der Waals surface area contributed by atoms with Crippen LogP contribution < -0.4 is 0 Å². The molecule has 12 heavy (non-hydrogen) atoms. The molecule has 0 spiro atoms. The molecule has 1 nitrogen and oxygen atoms in total. The molecule has 0 aromatic carbocycles. The van der Waals surface area contributed by atoms with Gasteiger partial charge in [-0.2, -0.15) is 0 Å². The van der Waals surface area contributed by atoms with Crippen molar-refractivity contribution in [2.45, 2.75) is 27.2 Å². The van der Waals surface area contributed by atoms with Crippen LogP contribution in [-0.4, -0.2) is 18.0 Å². The molecule has 0 radical (unpaired) electrons. The van der Waals surface area contributed by atoms with Crippen LogP contribution in [0.2, 0.25) is 0 Å². The summed E-state index contributed by atoms with van der Waals surface area (Å²) in [6.07, 6.45) is 1.33. The zero-order valence-electron chi connectivity index (χ0n) is 8.43. The first-order valence-corrected chi connectivity index (χ1v) is 4.76. The molecule has 1 fully saturated rings. The molecule has 1 atom stereocenters. The summed E-state index contributed by atoms with van der Waals surface area (Å²) < 4.78 is 0. The van der Waals surface area contributed by atoms with Crippen molar-refractivity contribution in [2.24, 2.45) is 11.8 Å². The lowest BCUT2D eigenvalue weighted by Crippen LogP contribution is -2.19. The minimum Gasteiger partial charge on any atom is -0.369 e. The third kappa shape index (κ3) is 1.92. The van der Waals surface area contributed by atoms with E-state index in [2.05, 4.69) is 38.0 Å². The van der Waals surface area contributed by atoms with E-state index >= 15 is 0 Å². The van der Waals surface area contributed by atoms with Crippen molar-refractivity contribution in [3.05, 3.63) is 18.0 Å². The first-order chi connectivity index (χ1) is 5.65. The Morgan fingerprint density at radius 2 is 2.25 bits per heavy atom. The molecule has 0 aromatic heterocycles. The van der Waals surface area contributed by atoms with Gasteiger partial charge < -0.3 is 4.90 Å². The van der Waals surface area contributed by atoms with Gasteiger partial charge in [0.05, 0.1) is 5.70 Å². The summed E-state index contributed by atoms with van der Waals surface area (Å²) in [5.74, 6) is 1.68. The molecule has 1 aliphatic rings. The van der Waals surface area contributed by atoms with Crippen molar-refractivity contribution in [1.82, 2.24) is 4.90 Å². The highest BCUT2D eigenvalue weighted by Crippen LogP contribution is 2.25. The van der Waals surface area contributed by atoms with Crippen molar-refractivity contribution in [2.75, 3.05) is 13.1 Å². The van der Waals surface area contributed by atoms with Gasteiger partial charge in [-0.15, -0.1) is 5.73 Å². The minimum atomic E-state index is 0.813. The quantitative estimate of drug-likeness (QED) is 0.569. The maximum absolute atomic E-state index is 3.67. The van der Waals surface area contributed by atoms with Crippen LogP contribution in [0.4, 0.5) is 0 Å². The highest BCUT2D eigenvalue weighted by Gasteiger charge is 2.24. The SMILES string of the molecule is C=C=C(C)N1CCC(C(C)C)C1. The molecule has 1 rings (SSSR count). The lowest BCUT2D eigenvalue weighted by Gasteiger charge is -2.18. The van der Waals surface area contributed by atoms with Crippen molar-refractivity contribution in [3.63, 3.8) is 0 Å². The van der Waals surface area contributed by atoms with E-state index in [0.29, 0.717) is 0 Å². The number of hydrogen-bond acceptors (Lipinski definition) is 1. The van der Waals surface area contributed by atoms with E-state index in [-0.39, 0.29) is 0 Å². The van der Waals surface area contributed by atoms with Gasteiger partial charge in [0.1, 0.15) is 0 Å². The average Bonchev–Trinajstić information content (AvgIpc) is 2.51. The first kappa shape index (κ1) is 9.41. The van der Waals surface area contributed by atoms with Gasteiger partial charge in [-0.1, -0.05) is 20.4 Å². The van der Waals surface area contributed by atoms with Gasteiger partial charge in [-0.05, 0) is 25.2 Å². The maximum Gasteiger partial charge on any atom is 0.0526 e. The fraction of sp³-hybridized carbons (Fsp3) is 0.727. The zero-order chi connectivity index (χ0) is 9.14. The Morgan fingerprint density at radius 1 is 1.58 bits per heavy atom. The minimum absolute atomic E-state index is 0.813. The van der Waals surface area contributed by atoms with Gasteiger partial charge in [-0.25, -0.2) is 0 Å². The molecule has 1 heterocycles. The lowest BCUT2D eigenvalue weighted by molar-refractivity contribution is 0.358. The van der Waals surface area contributed by atoms with Gasteiger partial charge in [0.2, 0.25) is 0 Å². The molecule has 0 amide bonds. The Labute approximate surface area is 75.8 Å². The highest BCUT2D eigenvalue weighted by molar-refractivity contribution is 4.97. The van der Waals surface area contributed by atoms with E-state index in [0.717, 1.165) is 11.8 Å². The second-order valence-electron chi connectivity index (χ2n) is 4.00. The van der Waals surface area contributed by atoms with Crippen molar-refractivity contribution in [1.29, 1.82) is 0 Å².